The highest BCUT2D eigenvalue weighted by Crippen LogP contribution is 2.25. The van der Waals surface area contributed by atoms with Crippen LogP contribution >= 0.6 is 15.9 Å². The Morgan fingerprint density at radius 2 is 1.89 bits per heavy atom. The van der Waals surface area contributed by atoms with Crippen molar-refractivity contribution in [3.05, 3.63) is 63.6 Å². The van der Waals surface area contributed by atoms with Gasteiger partial charge >= 0.3 is 0 Å². The van der Waals surface area contributed by atoms with Crippen LogP contribution in [-0.4, -0.2) is 11.4 Å². The van der Waals surface area contributed by atoms with E-state index in [0.29, 0.717) is 0 Å². The van der Waals surface area contributed by atoms with E-state index in [1.807, 2.05) is 6.07 Å². The molecule has 0 radical (unpaired) electrons. The third-order valence-electron chi connectivity index (χ3n) is 3.71. The molecule has 2 nitrogen and oxygen atoms in total. The molecule has 0 fully saturated rings. The van der Waals surface area contributed by atoms with Crippen molar-refractivity contribution in [2.75, 3.05) is 12.3 Å². The molecule has 0 spiro atoms. The molecule has 0 unspecified atom stereocenters. The first-order valence-corrected chi connectivity index (χ1v) is 7.35. The number of nitrogens with two attached hydrogens (primary N) is 1. The SMILES string of the molecule is Nc1cccc2c1CN(Cc1ccc(Br)cc1)CC2. The summed E-state index contributed by atoms with van der Waals surface area (Å²) in [6.07, 6.45) is 1.09. The van der Waals surface area contributed by atoms with Crippen LogP contribution in [0.5, 0.6) is 0 Å². The van der Waals surface area contributed by atoms with Crippen LogP contribution in [0.15, 0.2) is 46.9 Å². The van der Waals surface area contributed by atoms with Crippen LogP contribution in [-0.2, 0) is 19.5 Å². The maximum absolute atomic E-state index is 6.08. The molecule has 19 heavy (non-hydrogen) atoms. The molecule has 3 rings (SSSR count). The van der Waals surface area contributed by atoms with Gasteiger partial charge in [-0.15, -0.1) is 0 Å². The molecule has 0 saturated heterocycles. The van der Waals surface area contributed by atoms with E-state index >= 15 is 0 Å². The van der Waals surface area contributed by atoms with Crippen LogP contribution in [0.4, 0.5) is 5.69 Å². The Morgan fingerprint density at radius 1 is 1.11 bits per heavy atom. The lowest BCUT2D eigenvalue weighted by Crippen LogP contribution is -2.30. The summed E-state index contributed by atoms with van der Waals surface area (Å²) < 4.78 is 1.13. The number of rotatable bonds is 2. The molecule has 3 heteroatoms. The van der Waals surface area contributed by atoms with E-state index in [9.17, 15) is 0 Å². The van der Waals surface area contributed by atoms with Gasteiger partial charge in [0.15, 0.2) is 0 Å². The fourth-order valence-electron chi connectivity index (χ4n) is 2.65. The molecule has 0 aliphatic carbocycles. The van der Waals surface area contributed by atoms with E-state index < -0.39 is 0 Å². The number of anilines is 1. The molecule has 0 atom stereocenters. The van der Waals surface area contributed by atoms with Gasteiger partial charge in [0.2, 0.25) is 0 Å². The van der Waals surface area contributed by atoms with Crippen molar-refractivity contribution in [1.82, 2.24) is 4.90 Å². The predicted molar refractivity (Wildman–Crippen MR) is 82.8 cm³/mol. The first kappa shape index (κ1) is 12.7. The minimum atomic E-state index is 0.929. The number of benzene rings is 2. The highest BCUT2D eigenvalue weighted by Gasteiger charge is 2.17. The minimum Gasteiger partial charge on any atom is -0.398 e. The lowest BCUT2D eigenvalue weighted by Gasteiger charge is -2.29. The van der Waals surface area contributed by atoms with Gasteiger partial charge in [0, 0.05) is 29.8 Å². The largest absolute Gasteiger partial charge is 0.398 e. The summed E-state index contributed by atoms with van der Waals surface area (Å²) in [5, 5.41) is 0. The summed E-state index contributed by atoms with van der Waals surface area (Å²) in [6.45, 7) is 3.05. The van der Waals surface area contributed by atoms with E-state index in [1.165, 1.54) is 16.7 Å². The van der Waals surface area contributed by atoms with E-state index in [-0.39, 0.29) is 0 Å². The maximum atomic E-state index is 6.08. The maximum Gasteiger partial charge on any atom is 0.0362 e. The Balaban J connectivity index is 1.75. The molecule has 0 amide bonds. The Kier molecular flexibility index (Phi) is 3.58. The van der Waals surface area contributed by atoms with Crippen molar-refractivity contribution in [3.8, 4) is 0 Å². The van der Waals surface area contributed by atoms with Crippen LogP contribution in [0.2, 0.25) is 0 Å². The molecule has 1 aliphatic heterocycles. The number of halogens is 1. The first-order chi connectivity index (χ1) is 9.22. The smallest absolute Gasteiger partial charge is 0.0362 e. The van der Waals surface area contributed by atoms with Gasteiger partial charge in [-0.2, -0.15) is 0 Å². The highest BCUT2D eigenvalue weighted by molar-refractivity contribution is 9.10. The Morgan fingerprint density at radius 3 is 2.68 bits per heavy atom. The number of nitrogens with zero attached hydrogens (tertiary/aromatic N) is 1. The van der Waals surface area contributed by atoms with Gasteiger partial charge < -0.3 is 5.73 Å². The monoisotopic (exact) mass is 316 g/mol. The molecule has 1 heterocycles. The van der Waals surface area contributed by atoms with Gasteiger partial charge in [0.1, 0.15) is 0 Å². The van der Waals surface area contributed by atoms with Gasteiger partial charge in [0.05, 0.1) is 0 Å². The van der Waals surface area contributed by atoms with Crippen molar-refractivity contribution in [2.45, 2.75) is 19.5 Å². The second-order valence-corrected chi connectivity index (χ2v) is 5.99. The lowest BCUT2D eigenvalue weighted by molar-refractivity contribution is 0.246. The molecular weight excluding hydrogens is 300 g/mol. The third-order valence-corrected chi connectivity index (χ3v) is 4.24. The second-order valence-electron chi connectivity index (χ2n) is 5.07. The third kappa shape index (κ3) is 2.82. The Labute approximate surface area is 122 Å². The summed E-state index contributed by atoms with van der Waals surface area (Å²) in [4.78, 5) is 2.46. The predicted octanol–water partition coefficient (Wildman–Crippen LogP) is 3.59. The van der Waals surface area contributed by atoms with Crippen LogP contribution in [0.25, 0.3) is 0 Å². The van der Waals surface area contributed by atoms with E-state index in [2.05, 4.69) is 57.2 Å². The molecule has 0 aromatic heterocycles. The van der Waals surface area contributed by atoms with E-state index in [0.717, 1.165) is 36.2 Å². The zero-order valence-electron chi connectivity index (χ0n) is 10.8. The van der Waals surface area contributed by atoms with Gasteiger partial charge in [-0.25, -0.2) is 0 Å². The van der Waals surface area contributed by atoms with Crippen LogP contribution in [0, 0.1) is 0 Å². The summed E-state index contributed by atoms with van der Waals surface area (Å²) in [5.74, 6) is 0. The molecular formula is C16H17BrN2. The quantitative estimate of drug-likeness (QED) is 0.858. The number of hydrogen-bond acceptors (Lipinski definition) is 2. The average Bonchev–Trinajstić information content (AvgIpc) is 2.42. The molecule has 2 aromatic carbocycles. The zero-order valence-corrected chi connectivity index (χ0v) is 12.4. The number of hydrogen-bond donors (Lipinski definition) is 1. The molecule has 2 aromatic rings. The van der Waals surface area contributed by atoms with E-state index in [1.54, 1.807) is 0 Å². The second kappa shape index (κ2) is 5.35. The number of fused-ring (bicyclic) bond motifs is 1. The topological polar surface area (TPSA) is 29.3 Å². The molecule has 1 aliphatic rings. The molecule has 98 valence electrons. The summed E-state index contributed by atoms with van der Waals surface area (Å²) in [5.41, 5.74) is 11.1. The van der Waals surface area contributed by atoms with Gasteiger partial charge in [0.25, 0.3) is 0 Å². The summed E-state index contributed by atoms with van der Waals surface area (Å²) in [7, 11) is 0. The fraction of sp³-hybridized carbons (Fsp3) is 0.250. The first-order valence-electron chi connectivity index (χ1n) is 6.55. The van der Waals surface area contributed by atoms with Crippen LogP contribution in [0.3, 0.4) is 0 Å². The van der Waals surface area contributed by atoms with Crippen molar-refractivity contribution in [1.29, 1.82) is 0 Å². The standard InChI is InChI=1S/C16H17BrN2/c17-14-6-4-12(5-7-14)10-19-9-8-13-2-1-3-16(18)15(13)11-19/h1-7H,8-11,18H2. The zero-order chi connectivity index (χ0) is 13.2. The minimum absolute atomic E-state index is 0.929. The van der Waals surface area contributed by atoms with Crippen molar-refractivity contribution in [3.63, 3.8) is 0 Å². The normalized spacial score (nSPS) is 15.2. The van der Waals surface area contributed by atoms with Gasteiger partial charge in [-0.3, -0.25) is 4.90 Å². The van der Waals surface area contributed by atoms with Crippen LogP contribution in [0.1, 0.15) is 16.7 Å². The van der Waals surface area contributed by atoms with Crippen LogP contribution < -0.4 is 5.73 Å². The summed E-state index contributed by atoms with van der Waals surface area (Å²) in [6, 6.07) is 14.8. The van der Waals surface area contributed by atoms with Crippen molar-refractivity contribution < 1.29 is 0 Å². The fourth-order valence-corrected chi connectivity index (χ4v) is 2.91. The van der Waals surface area contributed by atoms with Crippen molar-refractivity contribution in [2.24, 2.45) is 0 Å². The average molecular weight is 317 g/mol. The van der Waals surface area contributed by atoms with Gasteiger partial charge in [-0.1, -0.05) is 40.2 Å². The van der Waals surface area contributed by atoms with Crippen molar-refractivity contribution >= 4 is 21.6 Å². The van der Waals surface area contributed by atoms with E-state index in [4.69, 9.17) is 5.73 Å². The lowest BCUT2D eigenvalue weighted by atomic mass is 9.98. The van der Waals surface area contributed by atoms with Gasteiger partial charge in [-0.05, 0) is 41.3 Å². The molecule has 0 bridgehead atoms. The highest BCUT2D eigenvalue weighted by atomic mass is 79.9. The molecule has 2 N–H and O–H groups in total. The number of nitrogen functional groups attached to an aromatic ring is 1. The Hall–Kier alpha value is -1.32. The summed E-state index contributed by atoms with van der Waals surface area (Å²) >= 11 is 3.47. The Bertz CT molecular complexity index is 578. The molecule has 0 saturated carbocycles.